The van der Waals surface area contributed by atoms with Gasteiger partial charge in [0.25, 0.3) is 0 Å². The van der Waals surface area contributed by atoms with E-state index in [0.717, 1.165) is 13.1 Å². The number of aromatic nitrogens is 2. The molecule has 1 saturated carbocycles. The molecule has 1 fully saturated rings. The fourth-order valence-electron chi connectivity index (χ4n) is 2.00. The summed E-state index contributed by atoms with van der Waals surface area (Å²) in [6.07, 6.45) is 6.60. The van der Waals surface area contributed by atoms with E-state index in [1.54, 1.807) is 0 Å². The molecule has 0 radical (unpaired) electrons. The van der Waals surface area contributed by atoms with Crippen molar-refractivity contribution in [3.63, 3.8) is 0 Å². The summed E-state index contributed by atoms with van der Waals surface area (Å²) < 4.78 is 2.01. The van der Waals surface area contributed by atoms with Crippen LogP contribution in [0.4, 0.5) is 0 Å². The third-order valence-corrected chi connectivity index (χ3v) is 3.16. The molecule has 1 aliphatic rings. The van der Waals surface area contributed by atoms with E-state index >= 15 is 0 Å². The zero-order valence-corrected chi connectivity index (χ0v) is 11.1. The van der Waals surface area contributed by atoms with Gasteiger partial charge in [0.15, 0.2) is 0 Å². The van der Waals surface area contributed by atoms with Gasteiger partial charge in [-0.2, -0.15) is 5.10 Å². The van der Waals surface area contributed by atoms with Crippen molar-refractivity contribution in [3.05, 3.63) is 18.0 Å². The predicted octanol–water partition coefficient (Wildman–Crippen LogP) is 1.59. The van der Waals surface area contributed by atoms with Crippen molar-refractivity contribution in [2.75, 3.05) is 13.2 Å². The highest BCUT2D eigenvalue weighted by Gasteiger charge is 2.28. The molecular formula is C13H23N3O. The summed E-state index contributed by atoms with van der Waals surface area (Å²) >= 11 is 0. The third-order valence-electron chi connectivity index (χ3n) is 3.16. The van der Waals surface area contributed by atoms with E-state index in [1.807, 2.05) is 10.9 Å². The molecular weight excluding hydrogens is 214 g/mol. The maximum absolute atomic E-state index is 9.06. The summed E-state index contributed by atoms with van der Waals surface area (Å²) in [5.74, 6) is 0. The standard InChI is InChI=1S/C13H23N3O/c1-13(2,3)16-10-11(8-14-16)9-15(6-7-17)12-4-5-12/h8,10,12,17H,4-7,9H2,1-3H3. The van der Waals surface area contributed by atoms with E-state index in [-0.39, 0.29) is 12.1 Å². The second kappa shape index (κ2) is 4.78. The second-order valence-electron chi connectivity index (χ2n) is 5.89. The number of aliphatic hydroxyl groups excluding tert-OH is 1. The molecule has 4 heteroatoms. The Kier molecular flexibility index (Phi) is 3.54. The molecule has 0 amide bonds. The predicted molar refractivity (Wildman–Crippen MR) is 67.7 cm³/mol. The van der Waals surface area contributed by atoms with Crippen LogP contribution < -0.4 is 0 Å². The van der Waals surface area contributed by atoms with Crippen LogP contribution in [-0.2, 0) is 12.1 Å². The van der Waals surface area contributed by atoms with Crippen LogP contribution >= 0.6 is 0 Å². The molecule has 96 valence electrons. The first-order valence-corrected chi connectivity index (χ1v) is 6.39. The molecule has 1 aromatic heterocycles. The van der Waals surface area contributed by atoms with E-state index in [1.165, 1.54) is 18.4 Å². The molecule has 1 aliphatic carbocycles. The average molecular weight is 237 g/mol. The first-order chi connectivity index (χ1) is 8.00. The molecule has 2 rings (SSSR count). The summed E-state index contributed by atoms with van der Waals surface area (Å²) in [6.45, 7) is 8.36. The summed E-state index contributed by atoms with van der Waals surface area (Å²) in [7, 11) is 0. The Morgan fingerprint density at radius 2 is 2.18 bits per heavy atom. The Morgan fingerprint density at radius 3 is 2.65 bits per heavy atom. The van der Waals surface area contributed by atoms with Gasteiger partial charge < -0.3 is 5.11 Å². The van der Waals surface area contributed by atoms with Gasteiger partial charge in [0, 0.05) is 30.9 Å². The lowest BCUT2D eigenvalue weighted by molar-refractivity contribution is 0.183. The highest BCUT2D eigenvalue weighted by atomic mass is 16.3. The van der Waals surface area contributed by atoms with E-state index in [9.17, 15) is 0 Å². The van der Waals surface area contributed by atoms with Crippen molar-refractivity contribution >= 4 is 0 Å². The zero-order valence-electron chi connectivity index (χ0n) is 11.1. The summed E-state index contributed by atoms with van der Waals surface area (Å²) in [5, 5.41) is 13.5. The molecule has 0 aromatic carbocycles. The van der Waals surface area contributed by atoms with Crippen LogP contribution in [0.1, 0.15) is 39.2 Å². The second-order valence-corrected chi connectivity index (χ2v) is 5.89. The first-order valence-electron chi connectivity index (χ1n) is 6.39. The van der Waals surface area contributed by atoms with Crippen molar-refractivity contribution in [1.82, 2.24) is 14.7 Å². The zero-order chi connectivity index (χ0) is 12.5. The van der Waals surface area contributed by atoms with Crippen LogP contribution in [-0.4, -0.2) is 39.0 Å². The van der Waals surface area contributed by atoms with Gasteiger partial charge in [-0.15, -0.1) is 0 Å². The van der Waals surface area contributed by atoms with Gasteiger partial charge in [-0.3, -0.25) is 9.58 Å². The number of rotatable bonds is 5. The SMILES string of the molecule is CC(C)(C)n1cc(CN(CCO)C2CC2)cn1. The quantitative estimate of drug-likeness (QED) is 0.845. The lowest BCUT2D eigenvalue weighted by atomic mass is 10.1. The number of hydrogen-bond donors (Lipinski definition) is 1. The minimum atomic E-state index is 0.0413. The Labute approximate surface area is 103 Å². The Balaban J connectivity index is 1.99. The Bertz CT molecular complexity index is 363. The van der Waals surface area contributed by atoms with Crippen molar-refractivity contribution in [3.8, 4) is 0 Å². The van der Waals surface area contributed by atoms with Crippen LogP contribution in [0.3, 0.4) is 0 Å². The fraction of sp³-hybridized carbons (Fsp3) is 0.769. The molecule has 17 heavy (non-hydrogen) atoms. The van der Waals surface area contributed by atoms with Crippen molar-refractivity contribution in [2.45, 2.75) is 51.7 Å². The van der Waals surface area contributed by atoms with Gasteiger partial charge in [-0.25, -0.2) is 0 Å². The van der Waals surface area contributed by atoms with Gasteiger partial charge in [0.1, 0.15) is 0 Å². The maximum Gasteiger partial charge on any atom is 0.0558 e. The summed E-state index contributed by atoms with van der Waals surface area (Å²) in [6, 6.07) is 0.681. The van der Waals surface area contributed by atoms with Crippen LogP contribution in [0.5, 0.6) is 0 Å². The minimum absolute atomic E-state index is 0.0413. The highest BCUT2D eigenvalue weighted by Crippen LogP contribution is 2.28. The van der Waals surface area contributed by atoms with E-state index < -0.39 is 0 Å². The normalized spacial score (nSPS) is 16.8. The van der Waals surface area contributed by atoms with Gasteiger partial charge >= 0.3 is 0 Å². The summed E-state index contributed by atoms with van der Waals surface area (Å²) in [4.78, 5) is 2.35. The smallest absolute Gasteiger partial charge is 0.0558 e. The van der Waals surface area contributed by atoms with Crippen LogP contribution in [0.2, 0.25) is 0 Å². The molecule has 1 N–H and O–H groups in total. The van der Waals surface area contributed by atoms with Crippen LogP contribution in [0.15, 0.2) is 12.4 Å². The highest BCUT2D eigenvalue weighted by molar-refractivity contribution is 5.06. The molecule has 1 aromatic rings. The largest absolute Gasteiger partial charge is 0.395 e. The average Bonchev–Trinajstić information content (AvgIpc) is 2.96. The van der Waals surface area contributed by atoms with Gasteiger partial charge in [-0.1, -0.05) is 0 Å². The molecule has 1 heterocycles. The molecule has 0 spiro atoms. The van der Waals surface area contributed by atoms with Gasteiger partial charge in [-0.05, 0) is 33.6 Å². The number of aliphatic hydroxyl groups is 1. The molecule has 0 atom stereocenters. The first kappa shape index (κ1) is 12.6. The number of nitrogens with zero attached hydrogens (tertiary/aromatic N) is 3. The van der Waals surface area contributed by atoms with Crippen LogP contribution in [0.25, 0.3) is 0 Å². The lowest BCUT2D eigenvalue weighted by Crippen LogP contribution is -2.28. The van der Waals surface area contributed by atoms with Crippen LogP contribution in [0, 0.1) is 0 Å². The Hall–Kier alpha value is -0.870. The van der Waals surface area contributed by atoms with Crippen molar-refractivity contribution < 1.29 is 5.11 Å². The van der Waals surface area contributed by atoms with Crippen molar-refractivity contribution in [2.24, 2.45) is 0 Å². The fourth-order valence-corrected chi connectivity index (χ4v) is 2.00. The molecule has 0 aliphatic heterocycles. The topological polar surface area (TPSA) is 41.3 Å². The van der Waals surface area contributed by atoms with E-state index in [0.29, 0.717) is 6.04 Å². The third kappa shape index (κ3) is 3.30. The summed E-state index contributed by atoms with van der Waals surface area (Å²) in [5.41, 5.74) is 1.28. The van der Waals surface area contributed by atoms with E-state index in [4.69, 9.17) is 5.11 Å². The van der Waals surface area contributed by atoms with Gasteiger partial charge in [0.05, 0.1) is 18.3 Å². The number of hydrogen-bond acceptors (Lipinski definition) is 3. The van der Waals surface area contributed by atoms with Crippen molar-refractivity contribution in [1.29, 1.82) is 0 Å². The lowest BCUT2D eigenvalue weighted by Gasteiger charge is -2.20. The minimum Gasteiger partial charge on any atom is -0.395 e. The van der Waals surface area contributed by atoms with E-state index in [2.05, 4.69) is 37.0 Å². The van der Waals surface area contributed by atoms with Gasteiger partial charge in [0.2, 0.25) is 0 Å². The maximum atomic E-state index is 9.06. The molecule has 0 saturated heterocycles. The molecule has 0 unspecified atom stereocenters. The monoisotopic (exact) mass is 237 g/mol. The molecule has 0 bridgehead atoms. The molecule has 4 nitrogen and oxygen atoms in total. The Morgan fingerprint density at radius 1 is 1.47 bits per heavy atom.